The molecule has 9 heavy (non-hydrogen) atoms. The largest absolute Gasteiger partial charge is 0.356 e. The zero-order valence-corrected chi connectivity index (χ0v) is 6.92. The monoisotopic (exact) mass is 151 g/mol. The third-order valence-electron chi connectivity index (χ3n) is 0.875. The van der Waals surface area contributed by atoms with Gasteiger partial charge in [-0.2, -0.15) is 0 Å². The average molecular weight is 152 g/mol. The molecule has 0 aliphatic rings. The van der Waals surface area contributed by atoms with Gasteiger partial charge in [0.25, 0.3) is 0 Å². The molecule has 0 atom stereocenters. The molecule has 0 rings (SSSR count). The van der Waals surface area contributed by atoms with Gasteiger partial charge in [-0.3, -0.25) is 4.79 Å². The Balaban J connectivity index is 0. The highest BCUT2D eigenvalue weighted by atomic mass is 35.5. The highest BCUT2D eigenvalue weighted by molar-refractivity contribution is 5.85. The molecule has 0 bridgehead atoms. The summed E-state index contributed by atoms with van der Waals surface area (Å²) in [4.78, 5) is 10.6. The predicted molar refractivity (Wildman–Crippen MR) is 40.8 cm³/mol. The van der Waals surface area contributed by atoms with Crippen LogP contribution in [0.5, 0.6) is 0 Å². The molecule has 1 amide bonds. The van der Waals surface area contributed by atoms with Gasteiger partial charge in [-0.25, -0.2) is 0 Å². The molecule has 0 unspecified atom stereocenters. The van der Waals surface area contributed by atoms with E-state index < -0.39 is 0 Å². The Kier molecular flexibility index (Phi) is 7.55. The van der Waals surface area contributed by atoms with E-state index in [-0.39, 0.29) is 24.2 Å². The van der Waals surface area contributed by atoms with Crippen LogP contribution < -0.4 is 5.32 Å². The summed E-state index contributed by atoms with van der Waals surface area (Å²) < 4.78 is 0. The molecule has 0 aliphatic heterocycles. The molecule has 0 radical (unpaired) electrons. The second-order valence-electron chi connectivity index (χ2n) is 2.05. The van der Waals surface area contributed by atoms with Crippen LogP contribution in [0.25, 0.3) is 0 Å². The Morgan fingerprint density at radius 2 is 2.00 bits per heavy atom. The normalized spacial score (nSPS) is 8.44. The molecular weight excluding hydrogens is 138 g/mol. The number of amides is 1. The van der Waals surface area contributed by atoms with Crippen molar-refractivity contribution < 1.29 is 4.79 Å². The topological polar surface area (TPSA) is 29.1 Å². The van der Waals surface area contributed by atoms with Gasteiger partial charge in [0.2, 0.25) is 5.91 Å². The number of carbonyl (C=O) groups is 1. The van der Waals surface area contributed by atoms with Crippen LogP contribution in [-0.2, 0) is 4.79 Å². The van der Waals surface area contributed by atoms with Gasteiger partial charge >= 0.3 is 0 Å². The lowest BCUT2D eigenvalue weighted by atomic mass is 10.2. The van der Waals surface area contributed by atoms with Gasteiger partial charge in [0.1, 0.15) is 0 Å². The van der Waals surface area contributed by atoms with Gasteiger partial charge in [-0.1, -0.05) is 13.8 Å². The SMILES string of the molecule is CCNC(=O)C(C)C.Cl. The standard InChI is InChI=1S/C6H13NO.ClH/c1-4-7-6(8)5(2)3;/h5H,4H2,1-3H3,(H,7,8);1H. The summed E-state index contributed by atoms with van der Waals surface area (Å²) >= 11 is 0. The van der Waals surface area contributed by atoms with Crippen LogP contribution in [0, 0.1) is 5.92 Å². The second-order valence-corrected chi connectivity index (χ2v) is 2.05. The van der Waals surface area contributed by atoms with Gasteiger partial charge in [0, 0.05) is 12.5 Å². The predicted octanol–water partition coefficient (Wildman–Crippen LogP) is 1.20. The van der Waals surface area contributed by atoms with Crippen molar-refractivity contribution >= 4 is 18.3 Å². The van der Waals surface area contributed by atoms with Crippen LogP contribution >= 0.6 is 12.4 Å². The van der Waals surface area contributed by atoms with Crippen molar-refractivity contribution in [2.45, 2.75) is 20.8 Å². The molecule has 2 nitrogen and oxygen atoms in total. The van der Waals surface area contributed by atoms with Gasteiger partial charge < -0.3 is 5.32 Å². The molecule has 0 aromatic carbocycles. The van der Waals surface area contributed by atoms with E-state index in [1.807, 2.05) is 20.8 Å². The molecule has 0 heterocycles. The van der Waals surface area contributed by atoms with Crippen LogP contribution in [0.15, 0.2) is 0 Å². The van der Waals surface area contributed by atoms with Crippen molar-refractivity contribution in [2.75, 3.05) is 6.54 Å². The van der Waals surface area contributed by atoms with E-state index in [1.165, 1.54) is 0 Å². The average Bonchev–Trinajstić information content (AvgIpc) is 1.67. The van der Waals surface area contributed by atoms with Crippen LogP contribution in [0.2, 0.25) is 0 Å². The van der Waals surface area contributed by atoms with E-state index in [1.54, 1.807) is 0 Å². The maximum atomic E-state index is 10.6. The lowest BCUT2D eigenvalue weighted by Crippen LogP contribution is -2.26. The fourth-order valence-corrected chi connectivity index (χ4v) is 0.378. The lowest BCUT2D eigenvalue weighted by Gasteiger charge is -2.02. The second kappa shape index (κ2) is 5.89. The molecule has 0 spiro atoms. The number of nitrogens with one attached hydrogen (secondary N) is 1. The summed E-state index contributed by atoms with van der Waals surface area (Å²) in [7, 11) is 0. The molecule has 0 aliphatic carbocycles. The first-order valence-electron chi connectivity index (χ1n) is 2.96. The highest BCUT2D eigenvalue weighted by Crippen LogP contribution is 1.88. The van der Waals surface area contributed by atoms with E-state index in [0.29, 0.717) is 0 Å². The summed E-state index contributed by atoms with van der Waals surface area (Å²) in [5.41, 5.74) is 0. The van der Waals surface area contributed by atoms with Crippen molar-refractivity contribution in [2.24, 2.45) is 5.92 Å². The van der Waals surface area contributed by atoms with Crippen molar-refractivity contribution in [3.05, 3.63) is 0 Å². The number of hydrogen-bond donors (Lipinski definition) is 1. The summed E-state index contributed by atoms with van der Waals surface area (Å²) in [6.45, 7) is 6.41. The Morgan fingerprint density at radius 1 is 1.56 bits per heavy atom. The maximum absolute atomic E-state index is 10.6. The van der Waals surface area contributed by atoms with Crippen LogP contribution in [0.1, 0.15) is 20.8 Å². The molecular formula is C6H14ClNO. The summed E-state index contributed by atoms with van der Waals surface area (Å²) in [6, 6.07) is 0. The van der Waals surface area contributed by atoms with E-state index in [9.17, 15) is 4.79 Å². The maximum Gasteiger partial charge on any atom is 0.222 e. The van der Waals surface area contributed by atoms with E-state index in [0.717, 1.165) is 6.54 Å². The fraction of sp³-hybridized carbons (Fsp3) is 0.833. The Labute approximate surface area is 62.4 Å². The molecule has 0 aromatic rings. The van der Waals surface area contributed by atoms with E-state index >= 15 is 0 Å². The summed E-state index contributed by atoms with van der Waals surface area (Å²) in [6.07, 6.45) is 0. The molecule has 0 fully saturated rings. The first-order valence-corrected chi connectivity index (χ1v) is 2.96. The van der Waals surface area contributed by atoms with Gasteiger partial charge in [0.05, 0.1) is 0 Å². The fourth-order valence-electron chi connectivity index (χ4n) is 0.378. The smallest absolute Gasteiger partial charge is 0.222 e. The zero-order valence-electron chi connectivity index (χ0n) is 6.10. The minimum Gasteiger partial charge on any atom is -0.356 e. The Morgan fingerprint density at radius 3 is 2.11 bits per heavy atom. The molecule has 1 N–H and O–H groups in total. The summed E-state index contributed by atoms with van der Waals surface area (Å²) in [5, 5.41) is 2.71. The Bertz CT molecular complexity index is 83.1. The number of hydrogen-bond acceptors (Lipinski definition) is 1. The van der Waals surface area contributed by atoms with Crippen molar-refractivity contribution in [3.63, 3.8) is 0 Å². The number of halogens is 1. The van der Waals surface area contributed by atoms with Crippen molar-refractivity contribution in [3.8, 4) is 0 Å². The summed E-state index contributed by atoms with van der Waals surface area (Å²) in [5.74, 6) is 0.252. The first kappa shape index (κ1) is 11.5. The molecule has 0 saturated carbocycles. The van der Waals surface area contributed by atoms with Gasteiger partial charge in [0.15, 0.2) is 0 Å². The molecule has 0 saturated heterocycles. The van der Waals surface area contributed by atoms with Crippen molar-refractivity contribution in [1.82, 2.24) is 5.32 Å². The van der Waals surface area contributed by atoms with Crippen LogP contribution in [0.3, 0.4) is 0 Å². The van der Waals surface area contributed by atoms with Crippen LogP contribution in [-0.4, -0.2) is 12.5 Å². The van der Waals surface area contributed by atoms with E-state index in [2.05, 4.69) is 5.32 Å². The van der Waals surface area contributed by atoms with E-state index in [4.69, 9.17) is 0 Å². The first-order chi connectivity index (χ1) is 3.68. The van der Waals surface area contributed by atoms with Gasteiger partial charge in [-0.05, 0) is 6.92 Å². The molecule has 0 aromatic heterocycles. The zero-order chi connectivity index (χ0) is 6.57. The minimum atomic E-state index is 0. The third-order valence-corrected chi connectivity index (χ3v) is 0.875. The minimum absolute atomic E-state index is 0. The molecule has 56 valence electrons. The highest BCUT2D eigenvalue weighted by Gasteiger charge is 2.02. The lowest BCUT2D eigenvalue weighted by molar-refractivity contribution is -0.123. The van der Waals surface area contributed by atoms with Crippen molar-refractivity contribution in [1.29, 1.82) is 0 Å². The third kappa shape index (κ3) is 5.63. The number of rotatable bonds is 2. The van der Waals surface area contributed by atoms with Crippen LogP contribution in [0.4, 0.5) is 0 Å². The van der Waals surface area contributed by atoms with Gasteiger partial charge in [-0.15, -0.1) is 12.4 Å². The number of carbonyl (C=O) groups excluding carboxylic acids is 1. The quantitative estimate of drug-likeness (QED) is 0.632. The molecule has 3 heteroatoms. The Hall–Kier alpha value is -0.240.